The van der Waals surface area contributed by atoms with Crippen LogP contribution in [0.25, 0.3) is 0 Å². The molecule has 0 aliphatic heterocycles. The van der Waals surface area contributed by atoms with Gasteiger partial charge in [0.1, 0.15) is 12.0 Å². The van der Waals surface area contributed by atoms with E-state index in [0.717, 1.165) is 16.9 Å². The maximum atomic E-state index is 10.2. The molecule has 1 heterocycles. The van der Waals surface area contributed by atoms with Crippen LogP contribution in [-0.4, -0.2) is 11.5 Å². The van der Waals surface area contributed by atoms with Crippen LogP contribution >= 0.6 is 11.8 Å². The van der Waals surface area contributed by atoms with Crippen LogP contribution in [0.5, 0.6) is 0 Å². The Hall–Kier alpha value is -0.700. The van der Waals surface area contributed by atoms with Crippen molar-refractivity contribution in [2.75, 3.05) is 0 Å². The van der Waals surface area contributed by atoms with Crippen molar-refractivity contribution in [3.8, 4) is 0 Å². The molecule has 0 amide bonds. The van der Waals surface area contributed by atoms with E-state index in [9.17, 15) is 4.79 Å². The van der Waals surface area contributed by atoms with Gasteiger partial charge in [0.25, 0.3) is 0 Å². The van der Waals surface area contributed by atoms with Crippen molar-refractivity contribution in [1.29, 1.82) is 0 Å². The first-order chi connectivity index (χ1) is 5.74. The van der Waals surface area contributed by atoms with Gasteiger partial charge in [-0.25, -0.2) is 0 Å². The molecule has 1 atom stereocenters. The molecule has 0 spiro atoms. The molecule has 0 saturated heterocycles. The van der Waals surface area contributed by atoms with Gasteiger partial charge in [-0.1, -0.05) is 6.92 Å². The first-order valence-electron chi connectivity index (χ1n) is 3.88. The van der Waals surface area contributed by atoms with Crippen LogP contribution in [0.3, 0.4) is 0 Å². The lowest BCUT2D eigenvalue weighted by Crippen LogP contribution is -1.95. The molecule has 0 radical (unpaired) electrons. The summed E-state index contributed by atoms with van der Waals surface area (Å²) in [4.78, 5) is 11.3. The van der Waals surface area contributed by atoms with Gasteiger partial charge in [-0.15, -0.1) is 11.8 Å². The zero-order valence-corrected chi connectivity index (χ0v) is 8.06. The molecule has 0 fully saturated rings. The molecule has 66 valence electrons. The molecule has 1 aromatic rings. The van der Waals surface area contributed by atoms with Crippen LogP contribution in [0, 0.1) is 6.92 Å². The highest BCUT2D eigenvalue weighted by Gasteiger charge is 2.07. The van der Waals surface area contributed by atoms with Crippen LogP contribution in [0.4, 0.5) is 0 Å². The van der Waals surface area contributed by atoms with Crippen LogP contribution < -0.4 is 0 Å². The Labute approximate surface area is 76.3 Å². The topological polar surface area (TPSA) is 30.2 Å². The summed E-state index contributed by atoms with van der Waals surface area (Å²) in [6.07, 6.45) is 3.22. The molecule has 0 aliphatic rings. The molecule has 0 aromatic carbocycles. The summed E-state index contributed by atoms with van der Waals surface area (Å²) in [5.41, 5.74) is 0. The molecule has 1 rings (SSSR count). The molecule has 3 heteroatoms. The molecule has 2 nitrogen and oxygen atoms in total. The quantitative estimate of drug-likeness (QED) is 0.532. The number of thioether (sulfide) groups is 1. The van der Waals surface area contributed by atoms with Crippen molar-refractivity contribution < 1.29 is 9.21 Å². The van der Waals surface area contributed by atoms with E-state index in [0.29, 0.717) is 11.7 Å². The summed E-state index contributed by atoms with van der Waals surface area (Å²) in [7, 11) is 0. The zero-order valence-electron chi connectivity index (χ0n) is 7.24. The van der Waals surface area contributed by atoms with E-state index in [2.05, 4.69) is 0 Å². The van der Waals surface area contributed by atoms with Gasteiger partial charge in [0.05, 0.1) is 6.26 Å². The van der Waals surface area contributed by atoms with Gasteiger partial charge in [-0.3, -0.25) is 0 Å². The number of furan rings is 1. The lowest BCUT2D eigenvalue weighted by molar-refractivity contribution is -0.107. The Morgan fingerprint density at radius 2 is 2.50 bits per heavy atom. The van der Waals surface area contributed by atoms with Gasteiger partial charge in [0.15, 0.2) is 0 Å². The lowest BCUT2D eigenvalue weighted by Gasteiger charge is -2.04. The highest BCUT2D eigenvalue weighted by Crippen LogP contribution is 2.28. The Morgan fingerprint density at radius 3 is 3.00 bits per heavy atom. The smallest absolute Gasteiger partial charge is 0.121 e. The van der Waals surface area contributed by atoms with E-state index in [-0.39, 0.29) is 0 Å². The number of hydrogen-bond acceptors (Lipinski definition) is 3. The van der Waals surface area contributed by atoms with Crippen LogP contribution in [0.1, 0.15) is 19.1 Å². The minimum Gasteiger partial charge on any atom is -0.468 e. The summed E-state index contributed by atoms with van der Waals surface area (Å²) in [6, 6.07) is 1.93. The van der Waals surface area contributed by atoms with E-state index in [1.54, 1.807) is 18.0 Å². The number of rotatable bonds is 4. The van der Waals surface area contributed by atoms with E-state index < -0.39 is 0 Å². The Morgan fingerprint density at radius 1 is 1.75 bits per heavy atom. The third kappa shape index (κ3) is 2.41. The summed E-state index contributed by atoms with van der Waals surface area (Å²) in [6.45, 7) is 3.96. The summed E-state index contributed by atoms with van der Waals surface area (Å²) in [5.74, 6) is 0.928. The predicted octanol–water partition coefficient (Wildman–Crippen LogP) is 2.66. The monoisotopic (exact) mass is 184 g/mol. The maximum absolute atomic E-state index is 10.2. The number of carbonyl (C=O) groups is 1. The third-order valence-corrected chi connectivity index (χ3v) is 2.84. The second-order valence-electron chi connectivity index (χ2n) is 2.67. The van der Waals surface area contributed by atoms with Gasteiger partial charge in [0.2, 0.25) is 0 Å². The van der Waals surface area contributed by atoms with E-state index >= 15 is 0 Å². The number of hydrogen-bond donors (Lipinski definition) is 0. The van der Waals surface area contributed by atoms with Gasteiger partial charge >= 0.3 is 0 Å². The molecule has 1 aromatic heterocycles. The number of aldehydes is 1. The Balaban J connectivity index is 2.51. The van der Waals surface area contributed by atoms with Gasteiger partial charge in [-0.2, -0.15) is 0 Å². The minimum atomic E-state index is 0.332. The first-order valence-corrected chi connectivity index (χ1v) is 4.76. The molecular weight excluding hydrogens is 172 g/mol. The molecule has 0 N–H and O–H groups in total. The van der Waals surface area contributed by atoms with Crippen LogP contribution in [-0.2, 0) is 4.79 Å². The van der Waals surface area contributed by atoms with Crippen molar-refractivity contribution >= 4 is 18.0 Å². The highest BCUT2D eigenvalue weighted by molar-refractivity contribution is 8.00. The second kappa shape index (κ2) is 4.36. The fraction of sp³-hybridized carbons (Fsp3) is 0.444. The van der Waals surface area contributed by atoms with Crippen molar-refractivity contribution in [3.63, 3.8) is 0 Å². The summed E-state index contributed by atoms with van der Waals surface area (Å²) >= 11 is 1.68. The van der Waals surface area contributed by atoms with E-state index in [1.807, 2.05) is 19.9 Å². The lowest BCUT2D eigenvalue weighted by atomic mass is 10.4. The van der Waals surface area contributed by atoms with Crippen molar-refractivity contribution in [2.24, 2.45) is 0 Å². The van der Waals surface area contributed by atoms with E-state index in [4.69, 9.17) is 4.42 Å². The predicted molar refractivity (Wildman–Crippen MR) is 49.4 cm³/mol. The van der Waals surface area contributed by atoms with Crippen LogP contribution in [0.2, 0.25) is 0 Å². The average Bonchev–Trinajstić information content (AvgIpc) is 2.37. The largest absolute Gasteiger partial charge is 0.468 e. The van der Waals surface area contributed by atoms with Crippen molar-refractivity contribution in [2.45, 2.75) is 30.4 Å². The summed E-state index contributed by atoms with van der Waals surface area (Å²) < 4.78 is 5.13. The van der Waals surface area contributed by atoms with Gasteiger partial charge in [-0.05, 0) is 13.0 Å². The van der Waals surface area contributed by atoms with E-state index in [1.165, 1.54) is 0 Å². The normalized spacial score (nSPS) is 12.8. The second-order valence-corrected chi connectivity index (χ2v) is 4.15. The highest BCUT2D eigenvalue weighted by atomic mass is 32.2. The Kier molecular flexibility index (Phi) is 3.41. The molecule has 0 aliphatic carbocycles. The molecular formula is C9H12O2S. The molecule has 1 unspecified atom stereocenters. The van der Waals surface area contributed by atoms with Crippen molar-refractivity contribution in [3.05, 3.63) is 18.1 Å². The van der Waals surface area contributed by atoms with Crippen LogP contribution in [0.15, 0.2) is 21.6 Å². The molecule has 12 heavy (non-hydrogen) atoms. The fourth-order valence-electron chi connectivity index (χ4n) is 0.896. The Bertz CT molecular complexity index is 255. The third-order valence-electron chi connectivity index (χ3n) is 1.57. The zero-order chi connectivity index (χ0) is 8.97. The maximum Gasteiger partial charge on any atom is 0.121 e. The summed E-state index contributed by atoms with van der Waals surface area (Å²) in [5, 5.41) is 0.332. The fourth-order valence-corrected chi connectivity index (χ4v) is 1.85. The first kappa shape index (κ1) is 9.39. The molecule has 0 saturated carbocycles. The SMILES string of the molecule is Cc1occc1SC(C)CC=O. The van der Waals surface area contributed by atoms with Gasteiger partial charge < -0.3 is 9.21 Å². The van der Waals surface area contributed by atoms with Gasteiger partial charge in [0, 0.05) is 16.6 Å². The molecule has 0 bridgehead atoms. The van der Waals surface area contributed by atoms with Crippen molar-refractivity contribution in [1.82, 2.24) is 0 Å². The number of carbonyl (C=O) groups excluding carboxylic acids is 1. The number of aryl methyl sites for hydroxylation is 1. The standard InChI is InChI=1S/C9H12O2S/c1-7(3-5-10)12-9-4-6-11-8(9)2/h4-7H,3H2,1-2H3. The average molecular weight is 184 g/mol. The minimum absolute atomic E-state index is 0.332.